The number of benzene rings is 2. The molecule has 0 spiro atoms. The summed E-state index contributed by atoms with van der Waals surface area (Å²) in [5.41, 5.74) is 2.15. The van der Waals surface area contributed by atoms with Crippen LogP contribution in [0, 0.1) is 12.7 Å². The summed E-state index contributed by atoms with van der Waals surface area (Å²) in [6, 6.07) is 10.5. The van der Waals surface area contributed by atoms with Gasteiger partial charge in [0.2, 0.25) is 10.0 Å². The van der Waals surface area contributed by atoms with E-state index in [9.17, 15) is 17.6 Å². The van der Waals surface area contributed by atoms with Crippen LogP contribution < -0.4 is 5.32 Å². The second-order valence-corrected chi connectivity index (χ2v) is 9.33. The van der Waals surface area contributed by atoms with Crippen LogP contribution in [0.1, 0.15) is 29.8 Å². The van der Waals surface area contributed by atoms with Crippen LogP contribution in [0.2, 0.25) is 0 Å². The summed E-state index contributed by atoms with van der Waals surface area (Å²) in [5.74, 6) is -0.789. The molecule has 0 unspecified atom stereocenters. The number of hydrogen-bond donors (Lipinski definition) is 1. The van der Waals surface area contributed by atoms with Gasteiger partial charge in [-0.1, -0.05) is 19.9 Å². The van der Waals surface area contributed by atoms with Gasteiger partial charge < -0.3 is 0 Å². The van der Waals surface area contributed by atoms with Crippen molar-refractivity contribution in [1.82, 2.24) is 9.29 Å². The Kier molecular flexibility index (Phi) is 6.64. The summed E-state index contributed by atoms with van der Waals surface area (Å²) < 4.78 is 40.2. The van der Waals surface area contributed by atoms with Crippen LogP contribution in [0.5, 0.6) is 0 Å². The number of nitrogens with zero attached hydrogens (tertiary/aromatic N) is 2. The summed E-state index contributed by atoms with van der Waals surface area (Å²) in [4.78, 5) is 17.2. The van der Waals surface area contributed by atoms with Crippen molar-refractivity contribution >= 4 is 32.4 Å². The Hall–Kier alpha value is -2.62. The Morgan fingerprint density at radius 2 is 1.80 bits per heavy atom. The minimum absolute atomic E-state index is 0.116. The van der Waals surface area contributed by atoms with Crippen LogP contribution in [0.3, 0.4) is 0 Å². The normalized spacial score (nSPS) is 11.6. The Bertz CT molecular complexity index is 1150. The first kappa shape index (κ1) is 22.1. The van der Waals surface area contributed by atoms with Gasteiger partial charge in [-0.05, 0) is 48.9 Å². The standard InChI is InChI=1S/C21H22FN3O3S2/c1-4-25(5-2)30(27,28)19-12-16(7-6-14(19)3)20(26)24-21-23-18(13-29-21)15-8-10-17(22)11-9-15/h6-13H,4-5H2,1-3H3,(H,23,24,26). The molecule has 0 saturated carbocycles. The average Bonchev–Trinajstić information content (AvgIpc) is 3.17. The third kappa shape index (κ3) is 4.58. The number of aryl methyl sites for hydroxylation is 1. The lowest BCUT2D eigenvalue weighted by Gasteiger charge is -2.20. The van der Waals surface area contributed by atoms with E-state index in [4.69, 9.17) is 0 Å². The zero-order valence-corrected chi connectivity index (χ0v) is 18.5. The fraction of sp³-hybridized carbons (Fsp3) is 0.238. The van der Waals surface area contributed by atoms with E-state index in [1.165, 1.54) is 33.8 Å². The average molecular weight is 448 g/mol. The van der Waals surface area contributed by atoms with Crippen molar-refractivity contribution in [2.75, 3.05) is 18.4 Å². The van der Waals surface area contributed by atoms with Crippen molar-refractivity contribution < 1.29 is 17.6 Å². The molecule has 0 aliphatic carbocycles. The van der Waals surface area contributed by atoms with E-state index >= 15 is 0 Å². The molecule has 0 atom stereocenters. The van der Waals surface area contributed by atoms with Gasteiger partial charge in [0.05, 0.1) is 10.6 Å². The lowest BCUT2D eigenvalue weighted by Crippen LogP contribution is -2.31. The smallest absolute Gasteiger partial charge is 0.257 e. The molecular formula is C21H22FN3O3S2. The van der Waals surface area contributed by atoms with Crippen molar-refractivity contribution in [2.45, 2.75) is 25.7 Å². The molecule has 158 valence electrons. The van der Waals surface area contributed by atoms with Gasteiger partial charge in [0.1, 0.15) is 5.82 Å². The number of carbonyl (C=O) groups excluding carboxylic acids is 1. The number of rotatable bonds is 7. The molecule has 0 fully saturated rings. The Morgan fingerprint density at radius 1 is 1.13 bits per heavy atom. The minimum Gasteiger partial charge on any atom is -0.298 e. The Morgan fingerprint density at radius 3 is 2.43 bits per heavy atom. The molecule has 6 nitrogen and oxygen atoms in total. The first-order valence-corrected chi connectivity index (χ1v) is 11.7. The molecule has 1 aromatic heterocycles. The highest BCUT2D eigenvalue weighted by Gasteiger charge is 2.25. The zero-order valence-electron chi connectivity index (χ0n) is 16.8. The number of halogens is 1. The zero-order chi connectivity index (χ0) is 21.9. The maximum absolute atomic E-state index is 13.1. The van der Waals surface area contributed by atoms with E-state index in [0.717, 1.165) is 5.56 Å². The highest BCUT2D eigenvalue weighted by molar-refractivity contribution is 7.89. The van der Waals surface area contributed by atoms with Gasteiger partial charge in [0.25, 0.3) is 5.91 Å². The molecule has 3 rings (SSSR count). The summed E-state index contributed by atoms with van der Waals surface area (Å²) >= 11 is 1.23. The van der Waals surface area contributed by atoms with Crippen molar-refractivity contribution in [3.8, 4) is 11.3 Å². The van der Waals surface area contributed by atoms with Crippen LogP contribution in [-0.2, 0) is 10.0 Å². The van der Waals surface area contributed by atoms with E-state index in [1.807, 2.05) is 0 Å². The van der Waals surface area contributed by atoms with E-state index in [0.29, 0.717) is 29.5 Å². The predicted molar refractivity (Wildman–Crippen MR) is 117 cm³/mol. The molecule has 0 aliphatic heterocycles. The van der Waals surface area contributed by atoms with E-state index in [-0.39, 0.29) is 16.3 Å². The lowest BCUT2D eigenvalue weighted by molar-refractivity contribution is 0.102. The van der Waals surface area contributed by atoms with Gasteiger partial charge in [0.15, 0.2) is 5.13 Å². The minimum atomic E-state index is -3.69. The quantitative estimate of drug-likeness (QED) is 0.577. The summed E-state index contributed by atoms with van der Waals surface area (Å²) in [7, 11) is -3.69. The fourth-order valence-electron chi connectivity index (χ4n) is 2.98. The highest BCUT2D eigenvalue weighted by atomic mass is 32.2. The number of nitrogens with one attached hydrogen (secondary N) is 1. The van der Waals surface area contributed by atoms with Crippen molar-refractivity contribution in [3.63, 3.8) is 0 Å². The molecule has 30 heavy (non-hydrogen) atoms. The molecule has 9 heteroatoms. The molecule has 0 radical (unpaired) electrons. The third-order valence-corrected chi connectivity index (χ3v) is 7.59. The molecule has 0 saturated heterocycles. The maximum atomic E-state index is 13.1. The predicted octanol–water partition coefficient (Wildman–Crippen LogP) is 4.54. The highest BCUT2D eigenvalue weighted by Crippen LogP contribution is 2.26. The molecular weight excluding hydrogens is 425 g/mol. The third-order valence-electron chi connectivity index (χ3n) is 4.64. The van der Waals surface area contributed by atoms with Crippen LogP contribution in [0.4, 0.5) is 9.52 Å². The van der Waals surface area contributed by atoms with Crippen LogP contribution >= 0.6 is 11.3 Å². The number of amides is 1. The number of aromatic nitrogens is 1. The summed E-state index contributed by atoms with van der Waals surface area (Å²) in [5, 5.41) is 4.83. The molecule has 1 amide bonds. The van der Waals surface area contributed by atoms with Crippen LogP contribution in [0.15, 0.2) is 52.7 Å². The van der Waals surface area contributed by atoms with E-state index in [1.54, 1.807) is 50.4 Å². The van der Waals surface area contributed by atoms with E-state index < -0.39 is 15.9 Å². The van der Waals surface area contributed by atoms with Gasteiger partial charge in [-0.2, -0.15) is 4.31 Å². The molecule has 0 aliphatic rings. The van der Waals surface area contributed by atoms with E-state index in [2.05, 4.69) is 10.3 Å². The summed E-state index contributed by atoms with van der Waals surface area (Å²) in [6.07, 6.45) is 0. The van der Waals surface area contributed by atoms with Crippen molar-refractivity contribution in [1.29, 1.82) is 0 Å². The topological polar surface area (TPSA) is 79.4 Å². The first-order chi connectivity index (χ1) is 14.3. The van der Waals surface area contributed by atoms with Crippen molar-refractivity contribution in [2.24, 2.45) is 0 Å². The fourth-order valence-corrected chi connectivity index (χ4v) is 5.40. The number of sulfonamides is 1. The lowest BCUT2D eigenvalue weighted by atomic mass is 10.1. The first-order valence-electron chi connectivity index (χ1n) is 9.39. The molecule has 1 heterocycles. The van der Waals surface area contributed by atoms with Gasteiger partial charge >= 0.3 is 0 Å². The Labute approximate surface area is 179 Å². The molecule has 3 aromatic rings. The number of anilines is 1. The van der Waals surface area contributed by atoms with Crippen LogP contribution in [0.25, 0.3) is 11.3 Å². The Balaban J connectivity index is 1.84. The molecule has 0 bridgehead atoms. The van der Waals surface area contributed by atoms with Gasteiger partial charge in [-0.15, -0.1) is 11.3 Å². The summed E-state index contributed by atoms with van der Waals surface area (Å²) in [6.45, 7) is 5.94. The van der Waals surface area contributed by atoms with Gasteiger partial charge in [-0.25, -0.2) is 17.8 Å². The van der Waals surface area contributed by atoms with Gasteiger partial charge in [0, 0.05) is 29.6 Å². The van der Waals surface area contributed by atoms with Gasteiger partial charge in [-0.3, -0.25) is 10.1 Å². The number of carbonyl (C=O) groups is 1. The SMILES string of the molecule is CCN(CC)S(=O)(=O)c1cc(C(=O)Nc2nc(-c3ccc(F)cc3)cs2)ccc1C. The maximum Gasteiger partial charge on any atom is 0.257 e. The van der Waals surface area contributed by atoms with Crippen LogP contribution in [-0.4, -0.2) is 36.7 Å². The largest absolute Gasteiger partial charge is 0.298 e. The second kappa shape index (κ2) is 9.03. The second-order valence-electron chi connectivity index (χ2n) is 6.57. The molecule has 1 N–H and O–H groups in total. The molecule has 2 aromatic carbocycles. The number of hydrogen-bond acceptors (Lipinski definition) is 5. The monoisotopic (exact) mass is 447 g/mol. The number of thiazole rings is 1. The van der Waals surface area contributed by atoms with Crippen molar-refractivity contribution in [3.05, 3.63) is 64.8 Å².